The second-order valence-corrected chi connectivity index (χ2v) is 2.25. The van der Waals surface area contributed by atoms with Crippen LogP contribution in [-0.2, 0) is 19.3 Å². The lowest BCUT2D eigenvalue weighted by Crippen LogP contribution is -2.35. The second-order valence-electron chi connectivity index (χ2n) is 2.25. The highest BCUT2D eigenvalue weighted by Gasteiger charge is 2.29. The first kappa shape index (κ1) is 9.39. The molecule has 0 aliphatic heterocycles. The summed E-state index contributed by atoms with van der Waals surface area (Å²) in [6.45, 7) is 3.18. The number of methoxy groups -OCH3 is 1. The monoisotopic (exact) mass is 148 g/mol. The predicted octanol–water partition coefficient (Wildman–Crippen LogP) is 0.516. The zero-order chi connectivity index (χ0) is 8.20. The van der Waals surface area contributed by atoms with E-state index in [0.29, 0.717) is 0 Å². The maximum absolute atomic E-state index is 10.8. The average molecular weight is 148 g/mol. The van der Waals surface area contributed by atoms with E-state index in [0.717, 1.165) is 0 Å². The van der Waals surface area contributed by atoms with E-state index in [9.17, 15) is 4.79 Å². The summed E-state index contributed by atoms with van der Waals surface area (Å²) < 4.78 is 4.80. The van der Waals surface area contributed by atoms with Crippen molar-refractivity contribution >= 4 is 5.97 Å². The van der Waals surface area contributed by atoms with Gasteiger partial charge in [-0.1, -0.05) is 0 Å². The van der Waals surface area contributed by atoms with Gasteiger partial charge in [-0.25, -0.2) is 4.79 Å². The molecule has 0 heterocycles. The molecule has 0 rings (SSSR count). The van der Waals surface area contributed by atoms with Gasteiger partial charge in [0.1, 0.15) is 0 Å². The fourth-order valence-corrected chi connectivity index (χ4v) is 0.259. The Morgan fingerprint density at radius 3 is 2.10 bits per heavy atom. The van der Waals surface area contributed by atoms with E-state index >= 15 is 0 Å². The molecule has 4 heteroatoms. The molecule has 0 bridgehead atoms. The molecule has 0 aliphatic rings. The van der Waals surface area contributed by atoms with Gasteiger partial charge in [0.15, 0.2) is 5.60 Å². The van der Waals surface area contributed by atoms with E-state index < -0.39 is 11.6 Å². The molecule has 0 fully saturated rings. The van der Waals surface area contributed by atoms with Gasteiger partial charge in [-0.3, -0.25) is 4.89 Å². The maximum atomic E-state index is 10.8. The molecule has 0 aromatic rings. The van der Waals surface area contributed by atoms with Gasteiger partial charge in [0, 0.05) is 7.11 Å². The molecule has 0 aromatic heterocycles. The third-order valence-corrected chi connectivity index (χ3v) is 1.16. The highest BCUT2D eigenvalue weighted by Crippen LogP contribution is 2.09. The van der Waals surface area contributed by atoms with Crippen LogP contribution in [0.5, 0.6) is 0 Å². The van der Waals surface area contributed by atoms with Crippen LogP contribution in [0.4, 0.5) is 0 Å². The Balaban J connectivity index is 3.91. The van der Waals surface area contributed by atoms with Crippen molar-refractivity contribution < 1.29 is 19.3 Å². The summed E-state index contributed by atoms with van der Waals surface area (Å²) in [6, 6.07) is 0. The summed E-state index contributed by atoms with van der Waals surface area (Å²) in [5.74, 6) is -0.544. The Morgan fingerprint density at radius 1 is 1.30 bits per heavy atom. The average Bonchev–Trinajstić information content (AvgIpc) is 1.89. The molecule has 4 nitrogen and oxygen atoms in total. The molecule has 0 N–H and O–H groups in total. The topological polar surface area (TPSA) is 44.8 Å². The van der Waals surface area contributed by atoms with E-state index in [2.05, 4.69) is 9.78 Å². The molecule has 0 radical (unpaired) electrons. The van der Waals surface area contributed by atoms with Gasteiger partial charge in [-0.2, -0.15) is 4.89 Å². The van der Waals surface area contributed by atoms with Gasteiger partial charge in [0.2, 0.25) is 0 Å². The van der Waals surface area contributed by atoms with Crippen LogP contribution >= 0.6 is 0 Å². The standard InChI is InChI=1S/C6H12O4/c1-6(2,8-3)5(7)10-9-4/h1-4H3. The van der Waals surface area contributed by atoms with Crippen LogP contribution in [0.2, 0.25) is 0 Å². The van der Waals surface area contributed by atoms with Gasteiger partial charge in [-0.15, -0.1) is 0 Å². The summed E-state index contributed by atoms with van der Waals surface area (Å²) in [5.41, 5.74) is -0.935. The largest absolute Gasteiger partial charge is 0.373 e. The summed E-state index contributed by atoms with van der Waals surface area (Å²) in [4.78, 5) is 19.2. The van der Waals surface area contributed by atoms with Crippen LogP contribution in [0, 0.1) is 0 Å². The van der Waals surface area contributed by atoms with Crippen molar-refractivity contribution in [2.45, 2.75) is 19.4 Å². The minimum Gasteiger partial charge on any atom is -0.367 e. The van der Waals surface area contributed by atoms with Crippen LogP contribution < -0.4 is 0 Å². The van der Waals surface area contributed by atoms with E-state index in [4.69, 9.17) is 4.74 Å². The fraction of sp³-hybridized carbons (Fsp3) is 0.833. The third kappa shape index (κ3) is 2.33. The lowest BCUT2D eigenvalue weighted by Gasteiger charge is -2.18. The van der Waals surface area contributed by atoms with E-state index in [1.54, 1.807) is 13.8 Å². The minimum atomic E-state index is -0.935. The van der Waals surface area contributed by atoms with Crippen molar-refractivity contribution in [1.29, 1.82) is 0 Å². The summed E-state index contributed by atoms with van der Waals surface area (Å²) in [7, 11) is 2.70. The van der Waals surface area contributed by atoms with Crippen LogP contribution in [0.15, 0.2) is 0 Å². The van der Waals surface area contributed by atoms with Gasteiger partial charge in [0.25, 0.3) is 0 Å². The Bertz CT molecular complexity index is 119. The number of rotatable bonds is 3. The SMILES string of the molecule is COOC(=O)C(C)(C)OC. The van der Waals surface area contributed by atoms with Crippen LogP contribution in [0.1, 0.15) is 13.8 Å². The van der Waals surface area contributed by atoms with Crippen molar-refractivity contribution in [2.24, 2.45) is 0 Å². The molecule has 0 unspecified atom stereocenters. The molecule has 10 heavy (non-hydrogen) atoms. The minimum absolute atomic E-state index is 0.544. The van der Waals surface area contributed by atoms with Gasteiger partial charge >= 0.3 is 5.97 Å². The first-order valence-electron chi connectivity index (χ1n) is 2.85. The van der Waals surface area contributed by atoms with Crippen LogP contribution in [0.25, 0.3) is 0 Å². The van der Waals surface area contributed by atoms with E-state index in [1.165, 1.54) is 14.2 Å². The molecule has 0 saturated carbocycles. The molecule has 0 aromatic carbocycles. The van der Waals surface area contributed by atoms with Gasteiger partial charge in [0.05, 0.1) is 7.11 Å². The predicted molar refractivity (Wildman–Crippen MR) is 34.2 cm³/mol. The van der Waals surface area contributed by atoms with Crippen LogP contribution in [0.3, 0.4) is 0 Å². The normalized spacial score (nSPS) is 11.2. The van der Waals surface area contributed by atoms with Crippen molar-refractivity contribution in [3.63, 3.8) is 0 Å². The highest BCUT2D eigenvalue weighted by atomic mass is 17.2. The lowest BCUT2D eigenvalue weighted by atomic mass is 10.1. The first-order valence-corrected chi connectivity index (χ1v) is 2.85. The number of carbonyl (C=O) groups excluding carboxylic acids is 1. The zero-order valence-electron chi connectivity index (χ0n) is 6.63. The molecule has 0 saturated heterocycles. The Labute approximate surface area is 60.0 Å². The lowest BCUT2D eigenvalue weighted by molar-refractivity contribution is -0.269. The smallest absolute Gasteiger partial charge is 0.367 e. The third-order valence-electron chi connectivity index (χ3n) is 1.16. The van der Waals surface area contributed by atoms with E-state index in [1.807, 2.05) is 0 Å². The Hall–Kier alpha value is -0.610. The van der Waals surface area contributed by atoms with Crippen molar-refractivity contribution in [1.82, 2.24) is 0 Å². The summed E-state index contributed by atoms with van der Waals surface area (Å²) >= 11 is 0. The van der Waals surface area contributed by atoms with E-state index in [-0.39, 0.29) is 0 Å². The molecule has 60 valence electrons. The molecular formula is C6H12O4. The van der Waals surface area contributed by atoms with Gasteiger partial charge in [-0.05, 0) is 13.8 Å². The molecule has 0 spiro atoms. The van der Waals surface area contributed by atoms with Crippen molar-refractivity contribution in [2.75, 3.05) is 14.2 Å². The number of ether oxygens (including phenoxy) is 1. The number of carbonyl (C=O) groups is 1. The fourth-order valence-electron chi connectivity index (χ4n) is 0.259. The quantitative estimate of drug-likeness (QED) is 0.432. The van der Waals surface area contributed by atoms with Crippen molar-refractivity contribution in [3.05, 3.63) is 0 Å². The first-order chi connectivity index (χ1) is 4.54. The number of hydrogen-bond acceptors (Lipinski definition) is 4. The molecular weight excluding hydrogens is 136 g/mol. The Morgan fingerprint density at radius 2 is 1.80 bits per heavy atom. The molecule has 0 amide bonds. The maximum Gasteiger partial charge on any atom is 0.373 e. The summed E-state index contributed by atoms with van der Waals surface area (Å²) in [6.07, 6.45) is 0. The molecule has 0 atom stereocenters. The second kappa shape index (κ2) is 3.53. The van der Waals surface area contributed by atoms with Crippen molar-refractivity contribution in [3.8, 4) is 0 Å². The highest BCUT2D eigenvalue weighted by molar-refractivity contribution is 5.77. The summed E-state index contributed by atoms with van der Waals surface area (Å²) in [5, 5.41) is 0. The number of hydrogen-bond donors (Lipinski definition) is 0. The van der Waals surface area contributed by atoms with Crippen LogP contribution in [-0.4, -0.2) is 25.8 Å². The Kier molecular flexibility index (Phi) is 3.32. The van der Waals surface area contributed by atoms with Gasteiger partial charge < -0.3 is 4.74 Å². The molecule has 0 aliphatic carbocycles. The zero-order valence-corrected chi connectivity index (χ0v) is 6.63.